The Morgan fingerprint density at radius 3 is 2.54 bits per heavy atom. The van der Waals surface area contributed by atoms with Crippen LogP contribution in [-0.4, -0.2) is 46.7 Å². The van der Waals surface area contributed by atoms with Gasteiger partial charge in [-0.25, -0.2) is 14.8 Å². The van der Waals surface area contributed by atoms with Crippen LogP contribution in [0.3, 0.4) is 0 Å². The Labute approximate surface area is 166 Å². The van der Waals surface area contributed by atoms with Crippen LogP contribution in [0.1, 0.15) is 36.7 Å². The second-order valence-corrected chi connectivity index (χ2v) is 7.23. The van der Waals surface area contributed by atoms with Crippen LogP contribution in [0.4, 0.5) is 22.1 Å². The zero-order valence-electron chi connectivity index (χ0n) is 17.1. The number of hydrogen-bond donors (Lipinski definition) is 2. The van der Waals surface area contributed by atoms with Crippen LogP contribution in [0.2, 0.25) is 0 Å². The van der Waals surface area contributed by atoms with E-state index in [1.807, 2.05) is 19.9 Å². The summed E-state index contributed by atoms with van der Waals surface area (Å²) in [6.45, 7) is 9.67. The van der Waals surface area contributed by atoms with E-state index in [9.17, 15) is 4.79 Å². The number of ether oxygens (including phenoxy) is 1. The van der Waals surface area contributed by atoms with Crippen molar-refractivity contribution < 1.29 is 9.53 Å². The van der Waals surface area contributed by atoms with E-state index in [0.29, 0.717) is 25.5 Å². The molecule has 0 unspecified atom stereocenters. The first-order valence-corrected chi connectivity index (χ1v) is 9.83. The van der Waals surface area contributed by atoms with E-state index >= 15 is 0 Å². The van der Waals surface area contributed by atoms with Gasteiger partial charge in [0.1, 0.15) is 17.5 Å². The van der Waals surface area contributed by atoms with E-state index in [-0.39, 0.29) is 12.1 Å². The van der Waals surface area contributed by atoms with Gasteiger partial charge in [0, 0.05) is 30.9 Å². The molecule has 3 rings (SSSR count). The van der Waals surface area contributed by atoms with Crippen LogP contribution in [0.5, 0.6) is 0 Å². The van der Waals surface area contributed by atoms with Crippen LogP contribution in [0.15, 0.2) is 24.3 Å². The number of aryl methyl sites for hydroxylation is 3. The lowest BCUT2D eigenvalue weighted by Crippen LogP contribution is -2.42. The lowest BCUT2D eigenvalue weighted by atomic mass is 10.1. The zero-order chi connectivity index (χ0) is 20.1. The summed E-state index contributed by atoms with van der Waals surface area (Å²) in [5.74, 6) is 2.28. The number of carbonyl (C=O) groups excluding carboxylic acids is 1. The standard InChI is InChI=1S/C21H29N5O2/c1-5-28-21(27)26-10-8-17(9-11-26)24-19-13-20(23-16(4)22-19)25-18-7-6-14(2)12-15(18)3/h6-7,12-13,17H,5,8-11H2,1-4H3,(H2,22,23,24,25). The highest BCUT2D eigenvalue weighted by Gasteiger charge is 2.23. The smallest absolute Gasteiger partial charge is 0.409 e. The van der Waals surface area contributed by atoms with E-state index in [1.54, 1.807) is 4.90 Å². The molecule has 2 heterocycles. The first kappa shape index (κ1) is 19.9. The maximum Gasteiger partial charge on any atom is 0.409 e. The van der Waals surface area contributed by atoms with Crippen LogP contribution >= 0.6 is 0 Å². The number of benzene rings is 1. The second-order valence-electron chi connectivity index (χ2n) is 7.23. The van der Waals surface area contributed by atoms with E-state index < -0.39 is 0 Å². The molecule has 150 valence electrons. The number of anilines is 3. The third-order valence-corrected chi connectivity index (χ3v) is 4.86. The highest BCUT2D eigenvalue weighted by molar-refractivity contribution is 5.67. The van der Waals surface area contributed by atoms with Crippen LogP contribution < -0.4 is 10.6 Å². The number of likely N-dealkylation sites (tertiary alicyclic amines) is 1. The van der Waals surface area contributed by atoms with Crippen molar-refractivity contribution in [2.45, 2.75) is 46.6 Å². The highest BCUT2D eigenvalue weighted by atomic mass is 16.6. The van der Waals surface area contributed by atoms with Gasteiger partial charge in [0.15, 0.2) is 0 Å². The molecule has 0 radical (unpaired) electrons. The molecule has 28 heavy (non-hydrogen) atoms. The maximum atomic E-state index is 11.8. The van der Waals surface area contributed by atoms with Gasteiger partial charge in [-0.3, -0.25) is 0 Å². The minimum absolute atomic E-state index is 0.223. The molecule has 0 bridgehead atoms. The van der Waals surface area contributed by atoms with Gasteiger partial charge in [-0.05, 0) is 52.2 Å². The summed E-state index contributed by atoms with van der Waals surface area (Å²) >= 11 is 0. The van der Waals surface area contributed by atoms with Gasteiger partial charge in [-0.2, -0.15) is 0 Å². The predicted molar refractivity (Wildman–Crippen MR) is 111 cm³/mol. The summed E-state index contributed by atoms with van der Waals surface area (Å²) < 4.78 is 5.08. The van der Waals surface area contributed by atoms with Gasteiger partial charge in [0.2, 0.25) is 0 Å². The number of rotatable bonds is 5. The molecule has 1 aromatic carbocycles. The fourth-order valence-corrected chi connectivity index (χ4v) is 3.43. The van der Waals surface area contributed by atoms with Crippen LogP contribution in [0, 0.1) is 20.8 Å². The molecule has 2 N–H and O–H groups in total. The third kappa shape index (κ3) is 5.12. The average molecular weight is 383 g/mol. The van der Waals surface area contributed by atoms with Crippen molar-refractivity contribution in [3.8, 4) is 0 Å². The van der Waals surface area contributed by atoms with Crippen LogP contribution in [-0.2, 0) is 4.74 Å². The van der Waals surface area contributed by atoms with Crippen molar-refractivity contribution in [3.05, 3.63) is 41.2 Å². The molecule has 2 aromatic rings. The van der Waals surface area contributed by atoms with Crippen molar-refractivity contribution in [2.75, 3.05) is 30.3 Å². The third-order valence-electron chi connectivity index (χ3n) is 4.86. The number of nitrogens with one attached hydrogen (secondary N) is 2. The lowest BCUT2D eigenvalue weighted by Gasteiger charge is -2.31. The number of carbonyl (C=O) groups is 1. The molecule has 7 nitrogen and oxygen atoms in total. The van der Waals surface area contributed by atoms with Gasteiger partial charge < -0.3 is 20.3 Å². The Hall–Kier alpha value is -2.83. The first-order chi connectivity index (χ1) is 13.4. The molecule has 0 saturated carbocycles. The SMILES string of the molecule is CCOC(=O)N1CCC(Nc2cc(Nc3ccc(C)cc3C)nc(C)n2)CC1. The van der Waals surface area contributed by atoms with E-state index in [0.717, 1.165) is 30.2 Å². The fourth-order valence-electron chi connectivity index (χ4n) is 3.43. The highest BCUT2D eigenvalue weighted by Crippen LogP contribution is 2.23. The summed E-state index contributed by atoms with van der Waals surface area (Å²) in [7, 11) is 0. The quantitative estimate of drug-likeness (QED) is 0.806. The molecule has 1 fully saturated rings. The monoisotopic (exact) mass is 383 g/mol. The number of nitrogens with zero attached hydrogens (tertiary/aromatic N) is 3. The number of aromatic nitrogens is 2. The molecule has 1 saturated heterocycles. The van der Waals surface area contributed by atoms with Gasteiger partial charge in [-0.1, -0.05) is 17.7 Å². The van der Waals surface area contributed by atoms with Gasteiger partial charge >= 0.3 is 6.09 Å². The van der Waals surface area contributed by atoms with E-state index in [4.69, 9.17) is 4.74 Å². The minimum Gasteiger partial charge on any atom is -0.450 e. The molecule has 0 atom stereocenters. The summed E-state index contributed by atoms with van der Waals surface area (Å²) in [6, 6.07) is 8.51. The van der Waals surface area contributed by atoms with E-state index in [1.165, 1.54) is 11.1 Å². The summed E-state index contributed by atoms with van der Waals surface area (Å²) in [4.78, 5) is 22.6. The number of piperidine rings is 1. The average Bonchev–Trinajstić information content (AvgIpc) is 2.64. The van der Waals surface area contributed by atoms with Crippen molar-refractivity contribution >= 4 is 23.4 Å². The van der Waals surface area contributed by atoms with Gasteiger partial charge in [0.05, 0.1) is 6.61 Å². The number of amides is 1. The minimum atomic E-state index is -0.223. The van der Waals surface area contributed by atoms with Crippen molar-refractivity contribution in [3.63, 3.8) is 0 Å². The molecule has 1 aliphatic rings. The molecular weight excluding hydrogens is 354 g/mol. The number of hydrogen-bond acceptors (Lipinski definition) is 6. The predicted octanol–water partition coefficient (Wildman–Crippen LogP) is 4.18. The molecule has 1 aromatic heterocycles. The first-order valence-electron chi connectivity index (χ1n) is 9.83. The summed E-state index contributed by atoms with van der Waals surface area (Å²) in [6.07, 6.45) is 1.50. The molecular formula is C21H29N5O2. The second kappa shape index (κ2) is 8.91. The Bertz CT molecular complexity index is 832. The summed E-state index contributed by atoms with van der Waals surface area (Å²) in [5, 5.41) is 6.89. The topological polar surface area (TPSA) is 79.4 Å². The van der Waals surface area contributed by atoms with Gasteiger partial charge in [0.25, 0.3) is 0 Å². The van der Waals surface area contributed by atoms with E-state index in [2.05, 4.69) is 52.6 Å². The van der Waals surface area contributed by atoms with Crippen molar-refractivity contribution in [1.82, 2.24) is 14.9 Å². The van der Waals surface area contributed by atoms with Crippen molar-refractivity contribution in [1.29, 1.82) is 0 Å². The van der Waals surface area contributed by atoms with Gasteiger partial charge in [-0.15, -0.1) is 0 Å². The maximum absolute atomic E-state index is 11.8. The molecule has 7 heteroatoms. The molecule has 0 aliphatic carbocycles. The Balaban J connectivity index is 1.63. The lowest BCUT2D eigenvalue weighted by molar-refractivity contribution is 0.0983. The van der Waals surface area contributed by atoms with Crippen LogP contribution in [0.25, 0.3) is 0 Å². The molecule has 1 amide bonds. The molecule has 0 spiro atoms. The normalized spacial score (nSPS) is 14.6. The Morgan fingerprint density at radius 2 is 1.86 bits per heavy atom. The zero-order valence-corrected chi connectivity index (χ0v) is 17.1. The largest absolute Gasteiger partial charge is 0.450 e. The molecule has 1 aliphatic heterocycles. The Morgan fingerprint density at radius 1 is 1.14 bits per heavy atom. The van der Waals surface area contributed by atoms with Crippen molar-refractivity contribution in [2.24, 2.45) is 0 Å². The summed E-state index contributed by atoms with van der Waals surface area (Å²) in [5.41, 5.74) is 3.45. The fraction of sp³-hybridized carbons (Fsp3) is 0.476. The Kier molecular flexibility index (Phi) is 6.34.